The molecule has 2 rings (SSSR count). The summed E-state index contributed by atoms with van der Waals surface area (Å²) in [6.07, 6.45) is 0. The summed E-state index contributed by atoms with van der Waals surface area (Å²) in [6, 6.07) is 10.4. The van der Waals surface area contributed by atoms with E-state index < -0.39 is 11.7 Å². The molecule has 0 saturated carbocycles. The number of carbonyl (C=O) groups excluding carboxylic acids is 1. The van der Waals surface area contributed by atoms with E-state index in [1.165, 1.54) is 12.1 Å². The molecule has 0 bridgehead atoms. The molecule has 0 aliphatic rings. The zero-order valence-electron chi connectivity index (χ0n) is 13.8. The van der Waals surface area contributed by atoms with E-state index in [0.29, 0.717) is 4.47 Å². The SMILES string of the molecule is CC(C)c1cccc(C(C)C)c1NC(=O)c1cc(Br)ccc1F. The van der Waals surface area contributed by atoms with E-state index in [0.717, 1.165) is 16.8 Å². The third-order valence-corrected chi connectivity index (χ3v) is 4.28. The van der Waals surface area contributed by atoms with E-state index in [9.17, 15) is 9.18 Å². The molecule has 0 unspecified atom stereocenters. The van der Waals surface area contributed by atoms with Crippen LogP contribution in [0, 0.1) is 5.82 Å². The monoisotopic (exact) mass is 377 g/mol. The second kappa shape index (κ2) is 7.26. The standard InChI is InChI=1S/C19H21BrFNO/c1-11(2)14-6-5-7-15(12(3)4)18(14)22-19(23)16-10-13(20)8-9-17(16)21/h5-12H,1-4H3,(H,22,23). The van der Waals surface area contributed by atoms with Crippen molar-refractivity contribution in [3.8, 4) is 0 Å². The first-order valence-corrected chi connectivity index (χ1v) is 8.49. The van der Waals surface area contributed by atoms with Gasteiger partial charge in [-0.2, -0.15) is 0 Å². The van der Waals surface area contributed by atoms with Gasteiger partial charge in [-0.15, -0.1) is 0 Å². The van der Waals surface area contributed by atoms with Crippen LogP contribution < -0.4 is 5.32 Å². The molecule has 4 heteroatoms. The summed E-state index contributed by atoms with van der Waals surface area (Å²) in [5.74, 6) is -0.440. The molecule has 0 aliphatic heterocycles. The third-order valence-electron chi connectivity index (χ3n) is 3.78. The van der Waals surface area contributed by atoms with Crippen LogP contribution in [0.25, 0.3) is 0 Å². The van der Waals surface area contributed by atoms with Gasteiger partial charge in [-0.1, -0.05) is 61.8 Å². The van der Waals surface area contributed by atoms with Gasteiger partial charge in [-0.05, 0) is 41.2 Å². The predicted molar refractivity (Wildman–Crippen MR) is 96.7 cm³/mol. The lowest BCUT2D eigenvalue weighted by Crippen LogP contribution is -2.17. The summed E-state index contributed by atoms with van der Waals surface area (Å²) in [4.78, 5) is 12.6. The minimum Gasteiger partial charge on any atom is -0.321 e. The van der Waals surface area contributed by atoms with Crippen molar-refractivity contribution in [1.82, 2.24) is 0 Å². The highest BCUT2D eigenvalue weighted by Crippen LogP contribution is 2.33. The van der Waals surface area contributed by atoms with Gasteiger partial charge in [0.15, 0.2) is 0 Å². The number of para-hydroxylation sites is 1. The molecule has 2 aromatic rings. The van der Waals surface area contributed by atoms with Crippen molar-refractivity contribution in [2.24, 2.45) is 0 Å². The number of hydrogen-bond donors (Lipinski definition) is 1. The average Bonchev–Trinajstić information content (AvgIpc) is 2.49. The van der Waals surface area contributed by atoms with Crippen LogP contribution in [0.3, 0.4) is 0 Å². The minimum absolute atomic E-state index is 0.0349. The second-order valence-corrected chi connectivity index (χ2v) is 7.11. The fourth-order valence-corrected chi connectivity index (χ4v) is 2.91. The van der Waals surface area contributed by atoms with Gasteiger partial charge in [0.1, 0.15) is 5.82 Å². The molecule has 0 aliphatic carbocycles. The van der Waals surface area contributed by atoms with Crippen LogP contribution in [0.1, 0.15) is 61.0 Å². The zero-order chi connectivity index (χ0) is 17.1. The first kappa shape index (κ1) is 17.7. The van der Waals surface area contributed by atoms with Gasteiger partial charge in [0, 0.05) is 10.2 Å². The highest BCUT2D eigenvalue weighted by atomic mass is 79.9. The Balaban J connectivity index is 2.46. The number of amides is 1. The van der Waals surface area contributed by atoms with Gasteiger partial charge in [-0.3, -0.25) is 4.79 Å². The van der Waals surface area contributed by atoms with Crippen LogP contribution in [-0.4, -0.2) is 5.91 Å². The zero-order valence-corrected chi connectivity index (χ0v) is 15.4. The molecule has 0 saturated heterocycles. The highest BCUT2D eigenvalue weighted by molar-refractivity contribution is 9.10. The molecule has 122 valence electrons. The molecular weight excluding hydrogens is 357 g/mol. The highest BCUT2D eigenvalue weighted by Gasteiger charge is 2.18. The van der Waals surface area contributed by atoms with E-state index in [1.54, 1.807) is 6.07 Å². The van der Waals surface area contributed by atoms with Crippen molar-refractivity contribution in [3.63, 3.8) is 0 Å². The molecule has 0 fully saturated rings. The molecule has 0 heterocycles. The Morgan fingerprint density at radius 3 is 2.13 bits per heavy atom. The van der Waals surface area contributed by atoms with Crippen molar-refractivity contribution in [2.45, 2.75) is 39.5 Å². The first-order valence-electron chi connectivity index (χ1n) is 7.70. The van der Waals surface area contributed by atoms with Crippen LogP contribution in [0.2, 0.25) is 0 Å². The largest absolute Gasteiger partial charge is 0.321 e. The molecule has 0 aromatic heterocycles. The Hall–Kier alpha value is -1.68. The summed E-state index contributed by atoms with van der Waals surface area (Å²) in [7, 11) is 0. The molecule has 2 nitrogen and oxygen atoms in total. The van der Waals surface area contributed by atoms with E-state index in [4.69, 9.17) is 0 Å². The molecule has 0 radical (unpaired) electrons. The quantitative estimate of drug-likeness (QED) is 0.686. The predicted octanol–water partition coefficient (Wildman–Crippen LogP) is 6.09. The lowest BCUT2D eigenvalue weighted by atomic mass is 9.92. The normalized spacial score (nSPS) is 11.1. The Labute approximate surface area is 145 Å². The molecule has 2 aromatic carbocycles. The number of rotatable bonds is 4. The van der Waals surface area contributed by atoms with Gasteiger partial charge < -0.3 is 5.32 Å². The van der Waals surface area contributed by atoms with Crippen LogP contribution in [0.4, 0.5) is 10.1 Å². The third kappa shape index (κ3) is 3.99. The summed E-state index contributed by atoms with van der Waals surface area (Å²) in [5.41, 5.74) is 2.94. The Bertz CT molecular complexity index is 699. The van der Waals surface area contributed by atoms with E-state index in [1.807, 2.05) is 18.2 Å². The van der Waals surface area contributed by atoms with Crippen molar-refractivity contribution >= 4 is 27.5 Å². The number of halogens is 2. The lowest BCUT2D eigenvalue weighted by molar-refractivity contribution is 0.102. The van der Waals surface area contributed by atoms with Crippen molar-refractivity contribution in [3.05, 3.63) is 63.4 Å². The first-order chi connectivity index (χ1) is 10.8. The van der Waals surface area contributed by atoms with E-state index in [-0.39, 0.29) is 17.4 Å². The minimum atomic E-state index is -0.529. The molecule has 23 heavy (non-hydrogen) atoms. The van der Waals surface area contributed by atoms with Crippen LogP contribution >= 0.6 is 15.9 Å². The van der Waals surface area contributed by atoms with Crippen molar-refractivity contribution < 1.29 is 9.18 Å². The Morgan fingerprint density at radius 2 is 1.61 bits per heavy atom. The fraction of sp³-hybridized carbons (Fsp3) is 0.316. The smallest absolute Gasteiger partial charge is 0.258 e. The summed E-state index contributed by atoms with van der Waals surface area (Å²) in [6.45, 7) is 8.31. The molecular formula is C19H21BrFNO. The second-order valence-electron chi connectivity index (χ2n) is 6.20. The van der Waals surface area contributed by atoms with Gasteiger partial charge in [0.05, 0.1) is 5.56 Å². The Kier molecular flexibility index (Phi) is 5.58. The molecule has 0 atom stereocenters. The van der Waals surface area contributed by atoms with Crippen molar-refractivity contribution in [2.75, 3.05) is 5.32 Å². The number of benzene rings is 2. The molecule has 1 N–H and O–H groups in total. The number of nitrogens with one attached hydrogen (secondary N) is 1. The van der Waals surface area contributed by atoms with Crippen LogP contribution in [-0.2, 0) is 0 Å². The van der Waals surface area contributed by atoms with E-state index in [2.05, 4.69) is 48.9 Å². The van der Waals surface area contributed by atoms with Gasteiger partial charge in [-0.25, -0.2) is 4.39 Å². The maximum absolute atomic E-state index is 14.0. The van der Waals surface area contributed by atoms with Crippen molar-refractivity contribution in [1.29, 1.82) is 0 Å². The fourth-order valence-electron chi connectivity index (χ4n) is 2.55. The number of anilines is 1. The molecule has 0 spiro atoms. The molecule has 1 amide bonds. The van der Waals surface area contributed by atoms with Gasteiger partial charge in [0.25, 0.3) is 5.91 Å². The number of carbonyl (C=O) groups is 1. The topological polar surface area (TPSA) is 29.1 Å². The number of hydrogen-bond acceptors (Lipinski definition) is 1. The Morgan fingerprint density at radius 1 is 1.04 bits per heavy atom. The maximum atomic E-state index is 14.0. The van der Waals surface area contributed by atoms with Gasteiger partial charge >= 0.3 is 0 Å². The van der Waals surface area contributed by atoms with Crippen LogP contribution in [0.5, 0.6) is 0 Å². The van der Waals surface area contributed by atoms with E-state index >= 15 is 0 Å². The maximum Gasteiger partial charge on any atom is 0.258 e. The lowest BCUT2D eigenvalue weighted by Gasteiger charge is -2.20. The van der Waals surface area contributed by atoms with Gasteiger partial charge in [0.2, 0.25) is 0 Å². The average molecular weight is 378 g/mol. The summed E-state index contributed by atoms with van der Waals surface area (Å²) in [5, 5.41) is 2.93. The van der Waals surface area contributed by atoms with Crippen LogP contribution in [0.15, 0.2) is 40.9 Å². The summed E-state index contributed by atoms with van der Waals surface area (Å²) >= 11 is 3.28. The summed E-state index contributed by atoms with van der Waals surface area (Å²) < 4.78 is 14.6.